The van der Waals surface area contributed by atoms with Crippen LogP contribution in [0.5, 0.6) is 5.75 Å². The van der Waals surface area contributed by atoms with Crippen LogP contribution in [-0.2, 0) is 28.9 Å². The van der Waals surface area contributed by atoms with Crippen LogP contribution in [0.1, 0.15) is 16.7 Å². The highest BCUT2D eigenvalue weighted by Gasteiger charge is 2.09. The average Bonchev–Trinajstić information content (AvgIpc) is 2.49. The molecule has 0 bridgehead atoms. The first kappa shape index (κ1) is 16.0. The molecule has 0 aliphatic heterocycles. The lowest BCUT2D eigenvalue weighted by molar-refractivity contribution is 0.409. The summed E-state index contributed by atoms with van der Waals surface area (Å²) >= 11 is 6.09. The van der Waals surface area contributed by atoms with Crippen molar-refractivity contribution in [2.75, 3.05) is 7.11 Å². The average molecular weight is 324 g/mol. The van der Waals surface area contributed by atoms with Crippen LogP contribution in [-0.4, -0.2) is 11.3 Å². The van der Waals surface area contributed by atoms with Crippen LogP contribution >= 0.6 is 11.6 Å². The van der Waals surface area contributed by atoms with Gasteiger partial charge in [-0.25, -0.2) is 0 Å². The molecule has 0 saturated heterocycles. The van der Waals surface area contributed by atoms with Crippen LogP contribution in [0.15, 0.2) is 42.5 Å². The zero-order valence-electron chi connectivity index (χ0n) is 11.8. The molecule has 0 spiro atoms. The van der Waals surface area contributed by atoms with Gasteiger partial charge in [-0.05, 0) is 23.3 Å². The van der Waals surface area contributed by atoms with E-state index in [0.29, 0.717) is 23.1 Å². The smallest absolute Gasteiger partial charge is 0.123 e. The Bertz CT molecular complexity index is 646. The summed E-state index contributed by atoms with van der Waals surface area (Å²) in [7, 11) is 0.588. The Kier molecular flexibility index (Phi) is 5.79. The van der Waals surface area contributed by atoms with Crippen LogP contribution < -0.4 is 10.5 Å². The summed E-state index contributed by atoms with van der Waals surface area (Å²) in [5.41, 5.74) is 8.46. The summed E-state index contributed by atoms with van der Waals surface area (Å²) in [6, 6.07) is 13.2. The van der Waals surface area contributed by atoms with Gasteiger partial charge in [0.25, 0.3) is 0 Å². The molecule has 0 heterocycles. The minimum Gasteiger partial charge on any atom is -0.496 e. The fourth-order valence-electron chi connectivity index (χ4n) is 2.07. The SMILES string of the molecule is COc1cc(CS(=O)Cc2ccccc2Cl)ccc1CN. The summed E-state index contributed by atoms with van der Waals surface area (Å²) in [5, 5.41) is 0.655. The van der Waals surface area contributed by atoms with E-state index >= 15 is 0 Å². The van der Waals surface area contributed by atoms with Gasteiger partial charge in [-0.1, -0.05) is 41.9 Å². The van der Waals surface area contributed by atoms with E-state index in [2.05, 4.69) is 0 Å². The van der Waals surface area contributed by atoms with Crippen LogP contribution in [0.4, 0.5) is 0 Å². The Morgan fingerprint density at radius 2 is 1.90 bits per heavy atom. The highest BCUT2D eigenvalue weighted by atomic mass is 35.5. The number of halogens is 1. The standard InChI is InChI=1S/C16H18ClNO2S/c1-20-16-8-12(6-7-13(16)9-18)10-21(19)11-14-4-2-3-5-15(14)17/h2-8H,9-11,18H2,1H3. The molecular formula is C16H18ClNO2S. The van der Waals surface area contributed by atoms with E-state index in [-0.39, 0.29) is 0 Å². The first-order valence-corrected chi connectivity index (χ1v) is 8.45. The van der Waals surface area contributed by atoms with E-state index < -0.39 is 10.8 Å². The minimum atomic E-state index is -1.02. The van der Waals surface area contributed by atoms with Crippen LogP contribution in [0.3, 0.4) is 0 Å². The molecule has 0 radical (unpaired) electrons. The van der Waals surface area contributed by atoms with Gasteiger partial charge in [-0.15, -0.1) is 0 Å². The van der Waals surface area contributed by atoms with Gasteiger partial charge in [0, 0.05) is 33.7 Å². The molecule has 1 unspecified atom stereocenters. The van der Waals surface area contributed by atoms with Crippen molar-refractivity contribution < 1.29 is 8.95 Å². The fourth-order valence-corrected chi connectivity index (χ4v) is 3.61. The highest BCUT2D eigenvalue weighted by molar-refractivity contribution is 7.83. The van der Waals surface area contributed by atoms with Crippen LogP contribution in [0.2, 0.25) is 5.02 Å². The highest BCUT2D eigenvalue weighted by Crippen LogP contribution is 2.22. The lowest BCUT2D eigenvalue weighted by Gasteiger charge is -2.09. The Balaban J connectivity index is 2.08. The molecule has 112 valence electrons. The second-order valence-electron chi connectivity index (χ2n) is 4.67. The molecule has 1 atom stereocenters. The number of benzene rings is 2. The molecule has 0 amide bonds. The number of hydrogen-bond acceptors (Lipinski definition) is 3. The lowest BCUT2D eigenvalue weighted by atomic mass is 10.1. The Morgan fingerprint density at radius 1 is 1.14 bits per heavy atom. The van der Waals surface area contributed by atoms with Crippen molar-refractivity contribution in [1.29, 1.82) is 0 Å². The van der Waals surface area contributed by atoms with Crippen molar-refractivity contribution in [3.8, 4) is 5.75 Å². The van der Waals surface area contributed by atoms with E-state index in [1.54, 1.807) is 7.11 Å². The molecule has 0 aliphatic carbocycles. The molecule has 0 aliphatic rings. The largest absolute Gasteiger partial charge is 0.496 e. The van der Waals surface area contributed by atoms with Crippen molar-refractivity contribution in [3.63, 3.8) is 0 Å². The van der Waals surface area contributed by atoms with Crippen molar-refractivity contribution in [1.82, 2.24) is 0 Å². The third kappa shape index (κ3) is 4.30. The molecule has 0 saturated carbocycles. The van der Waals surface area contributed by atoms with Gasteiger partial charge in [-0.2, -0.15) is 0 Å². The van der Waals surface area contributed by atoms with E-state index in [1.165, 1.54) is 0 Å². The first-order chi connectivity index (χ1) is 10.1. The van der Waals surface area contributed by atoms with Crippen molar-refractivity contribution in [2.45, 2.75) is 18.1 Å². The number of rotatable bonds is 6. The summed E-state index contributed by atoms with van der Waals surface area (Å²) in [6.45, 7) is 0.423. The lowest BCUT2D eigenvalue weighted by Crippen LogP contribution is -2.03. The number of methoxy groups -OCH3 is 1. The summed E-state index contributed by atoms with van der Waals surface area (Å²) in [4.78, 5) is 0. The van der Waals surface area contributed by atoms with Crippen LogP contribution in [0.25, 0.3) is 0 Å². The van der Waals surface area contributed by atoms with Gasteiger partial charge in [0.05, 0.1) is 12.9 Å². The zero-order chi connectivity index (χ0) is 15.2. The Hall–Kier alpha value is -1.36. The molecule has 0 fully saturated rings. The number of ether oxygens (including phenoxy) is 1. The minimum absolute atomic E-state index is 0.423. The molecule has 21 heavy (non-hydrogen) atoms. The van der Waals surface area contributed by atoms with Gasteiger partial charge in [0.15, 0.2) is 0 Å². The van der Waals surface area contributed by atoms with E-state index in [0.717, 1.165) is 22.4 Å². The van der Waals surface area contributed by atoms with Crippen molar-refractivity contribution in [2.24, 2.45) is 5.73 Å². The summed E-state index contributed by atoms with van der Waals surface area (Å²) < 4.78 is 17.6. The number of hydrogen-bond donors (Lipinski definition) is 1. The van der Waals surface area contributed by atoms with Gasteiger partial charge in [0.1, 0.15) is 5.75 Å². The zero-order valence-corrected chi connectivity index (χ0v) is 13.4. The van der Waals surface area contributed by atoms with Gasteiger partial charge in [-0.3, -0.25) is 4.21 Å². The van der Waals surface area contributed by atoms with Gasteiger partial charge in [0.2, 0.25) is 0 Å². The quantitative estimate of drug-likeness (QED) is 0.887. The second kappa shape index (κ2) is 7.59. The third-order valence-corrected chi connectivity index (χ3v) is 4.83. The second-order valence-corrected chi connectivity index (χ2v) is 6.53. The maximum absolute atomic E-state index is 12.3. The topological polar surface area (TPSA) is 52.3 Å². The monoisotopic (exact) mass is 323 g/mol. The molecule has 0 aromatic heterocycles. The van der Waals surface area contributed by atoms with E-state index in [4.69, 9.17) is 22.1 Å². The molecule has 3 nitrogen and oxygen atoms in total. The molecule has 2 rings (SSSR count). The number of nitrogens with two attached hydrogens (primary N) is 1. The third-order valence-electron chi connectivity index (χ3n) is 3.17. The van der Waals surface area contributed by atoms with Crippen molar-refractivity contribution >= 4 is 22.4 Å². The Morgan fingerprint density at radius 3 is 2.57 bits per heavy atom. The first-order valence-electron chi connectivity index (χ1n) is 6.58. The van der Waals surface area contributed by atoms with E-state index in [9.17, 15) is 4.21 Å². The fraction of sp³-hybridized carbons (Fsp3) is 0.250. The predicted octanol–water partition coefficient (Wildman–Crippen LogP) is 3.26. The maximum Gasteiger partial charge on any atom is 0.123 e. The predicted molar refractivity (Wildman–Crippen MR) is 87.9 cm³/mol. The molecular weight excluding hydrogens is 306 g/mol. The molecule has 2 aromatic rings. The molecule has 5 heteroatoms. The van der Waals surface area contributed by atoms with Crippen LogP contribution in [0, 0.1) is 0 Å². The van der Waals surface area contributed by atoms with Gasteiger partial charge >= 0.3 is 0 Å². The van der Waals surface area contributed by atoms with E-state index in [1.807, 2.05) is 42.5 Å². The summed E-state index contributed by atoms with van der Waals surface area (Å²) in [5.74, 6) is 1.65. The maximum atomic E-state index is 12.3. The Labute approximate surface area is 132 Å². The molecule has 2 aromatic carbocycles. The van der Waals surface area contributed by atoms with Gasteiger partial charge < -0.3 is 10.5 Å². The molecule has 2 N–H and O–H groups in total. The van der Waals surface area contributed by atoms with Crippen molar-refractivity contribution in [3.05, 3.63) is 64.2 Å². The summed E-state index contributed by atoms with van der Waals surface area (Å²) in [6.07, 6.45) is 0. The normalized spacial score (nSPS) is 12.1.